The lowest BCUT2D eigenvalue weighted by atomic mass is 9.96. The Balaban J connectivity index is 2.08. The van der Waals surface area contributed by atoms with E-state index in [1.165, 1.54) is 11.6 Å². The minimum atomic E-state index is -1.37. The van der Waals surface area contributed by atoms with Gasteiger partial charge in [-0.25, -0.2) is 4.68 Å². The summed E-state index contributed by atoms with van der Waals surface area (Å²) in [5.41, 5.74) is 0.870. The van der Waals surface area contributed by atoms with Crippen LogP contribution in [0.15, 0.2) is 30.3 Å². The highest BCUT2D eigenvalue weighted by Crippen LogP contribution is 2.30. The molecule has 1 fully saturated rings. The van der Waals surface area contributed by atoms with Crippen LogP contribution in [0.1, 0.15) is 39.3 Å². The van der Waals surface area contributed by atoms with Gasteiger partial charge in [-0.3, -0.25) is 9.36 Å². The molecule has 0 bridgehead atoms. The van der Waals surface area contributed by atoms with Crippen LogP contribution in [-0.4, -0.2) is 66.5 Å². The summed E-state index contributed by atoms with van der Waals surface area (Å²) in [5, 5.41) is 37.9. The third-order valence-electron chi connectivity index (χ3n) is 5.41. The summed E-state index contributed by atoms with van der Waals surface area (Å²) < 4.78 is 9.61. The number of unbranched alkanes of at least 4 members (excludes halogenated alkanes) is 2. The lowest BCUT2D eigenvalue weighted by Gasteiger charge is -2.42. The topological polar surface area (TPSA) is 122 Å². The Morgan fingerprint density at radius 2 is 1.94 bits per heavy atom. The van der Waals surface area contributed by atoms with E-state index in [2.05, 4.69) is 12.2 Å². The second kappa shape index (κ2) is 10.5. The van der Waals surface area contributed by atoms with Gasteiger partial charge < -0.3 is 25.4 Å². The fraction of sp³-hybridized carbons (Fsp3) is 0.571. The molecule has 0 spiro atoms. The molecule has 4 N–H and O–H groups in total. The molecule has 1 aliphatic rings. The fourth-order valence-corrected chi connectivity index (χ4v) is 4.12. The molecular weight excluding hydrogens is 420 g/mol. The van der Waals surface area contributed by atoms with E-state index >= 15 is 0 Å². The lowest BCUT2D eigenvalue weighted by Crippen LogP contribution is -2.62. The molecule has 2 aromatic rings. The molecule has 5 atom stereocenters. The first-order chi connectivity index (χ1) is 14.9. The van der Waals surface area contributed by atoms with E-state index < -0.39 is 43.1 Å². The summed E-state index contributed by atoms with van der Waals surface area (Å²) in [7, 11) is 0. The lowest BCUT2D eigenvalue weighted by molar-refractivity contribution is -0.219. The average Bonchev–Trinajstić information content (AvgIpc) is 3.08. The number of carbonyl (C=O) groups is 1. The van der Waals surface area contributed by atoms with Crippen molar-refractivity contribution < 1.29 is 24.9 Å². The number of aliphatic hydroxyl groups is 3. The molecule has 1 aromatic carbocycles. The number of carbonyl (C=O) groups excluding carboxylic acids is 1. The monoisotopic (exact) mass is 450 g/mol. The van der Waals surface area contributed by atoms with Gasteiger partial charge in [-0.2, -0.15) is 0 Å². The molecule has 0 radical (unpaired) electrons. The molecule has 170 valence electrons. The van der Waals surface area contributed by atoms with Crippen molar-refractivity contribution in [1.29, 1.82) is 0 Å². The minimum Gasteiger partial charge on any atom is -0.394 e. The molecule has 3 rings (SSSR count). The summed E-state index contributed by atoms with van der Waals surface area (Å²) in [6, 6.07) is 8.60. The highest BCUT2D eigenvalue weighted by Gasteiger charge is 2.46. The number of hydrogen-bond acceptors (Lipinski definition) is 7. The van der Waals surface area contributed by atoms with Gasteiger partial charge in [0.25, 0.3) is 0 Å². The van der Waals surface area contributed by atoms with Crippen molar-refractivity contribution in [3.63, 3.8) is 0 Å². The van der Waals surface area contributed by atoms with Gasteiger partial charge in [0.1, 0.15) is 24.4 Å². The second-order valence-electron chi connectivity index (χ2n) is 7.73. The molecule has 10 heteroatoms. The van der Waals surface area contributed by atoms with Crippen molar-refractivity contribution in [2.75, 3.05) is 6.61 Å². The van der Waals surface area contributed by atoms with Crippen molar-refractivity contribution in [1.82, 2.24) is 19.7 Å². The van der Waals surface area contributed by atoms with Crippen LogP contribution in [0.3, 0.4) is 0 Å². The number of ether oxygens (including phenoxy) is 1. The van der Waals surface area contributed by atoms with Crippen molar-refractivity contribution in [2.45, 2.75) is 70.2 Å². The van der Waals surface area contributed by atoms with Crippen LogP contribution in [0.5, 0.6) is 0 Å². The Morgan fingerprint density at radius 1 is 1.23 bits per heavy atom. The number of aromatic nitrogens is 3. The number of hydrogen-bond donors (Lipinski definition) is 4. The Kier molecular flexibility index (Phi) is 7.95. The molecule has 0 aliphatic carbocycles. The molecular formula is C21H30N4O5S. The number of nitrogens with one attached hydrogen (secondary N) is 1. The highest BCUT2D eigenvalue weighted by atomic mass is 32.1. The maximum atomic E-state index is 11.8. The average molecular weight is 451 g/mol. The Labute approximate surface area is 186 Å². The summed E-state index contributed by atoms with van der Waals surface area (Å²) >= 11 is 5.72. The van der Waals surface area contributed by atoms with Crippen LogP contribution < -0.4 is 5.32 Å². The number of rotatable bonds is 8. The van der Waals surface area contributed by atoms with Gasteiger partial charge in [0, 0.05) is 19.0 Å². The van der Waals surface area contributed by atoms with E-state index in [1.807, 2.05) is 34.9 Å². The maximum absolute atomic E-state index is 11.8. The first-order valence-corrected chi connectivity index (χ1v) is 10.9. The van der Waals surface area contributed by atoms with E-state index in [0.29, 0.717) is 17.1 Å². The maximum Gasteiger partial charge on any atom is 0.217 e. The van der Waals surface area contributed by atoms with E-state index in [4.69, 9.17) is 22.1 Å². The molecule has 2 heterocycles. The van der Waals surface area contributed by atoms with Gasteiger partial charge in [0.15, 0.2) is 12.1 Å². The van der Waals surface area contributed by atoms with Gasteiger partial charge in [-0.1, -0.05) is 50.1 Å². The normalized spacial score (nSPS) is 26.0. The third kappa shape index (κ3) is 5.04. The standard InChI is InChI=1S/C21H30N4O5S/c1-3-4-8-11-24-19(14-9-6-5-7-10-14)23-25(21(24)31)20-16(22-13(2)27)18(29)17(28)15(12-26)30-20/h5-7,9-10,15-18,20,26,28-29H,3-4,8,11-12H2,1-2H3,(H,22,27)/t15-,16-,17-,18-,20+/m1/s1. The molecule has 1 aliphatic heterocycles. The van der Waals surface area contributed by atoms with Gasteiger partial charge in [-0.15, -0.1) is 5.10 Å². The minimum absolute atomic E-state index is 0.371. The van der Waals surface area contributed by atoms with Crippen LogP contribution in [0.2, 0.25) is 0 Å². The van der Waals surface area contributed by atoms with Gasteiger partial charge in [0.05, 0.1) is 6.61 Å². The number of benzene rings is 1. The zero-order chi connectivity index (χ0) is 22.5. The fourth-order valence-electron chi connectivity index (χ4n) is 3.80. The van der Waals surface area contributed by atoms with E-state index in [1.54, 1.807) is 0 Å². The van der Waals surface area contributed by atoms with Gasteiger partial charge in [0.2, 0.25) is 10.7 Å². The molecule has 0 saturated carbocycles. The number of aliphatic hydroxyl groups excluding tert-OH is 3. The molecule has 31 heavy (non-hydrogen) atoms. The van der Waals surface area contributed by atoms with Crippen molar-refractivity contribution in [3.8, 4) is 11.4 Å². The SMILES string of the molecule is CCCCCn1c(-c2ccccc2)nn([C@H]2O[C@H](CO)[C@@H](O)[C@H](O)[C@H]2NC(C)=O)c1=S. The van der Waals surface area contributed by atoms with E-state index in [0.717, 1.165) is 24.8 Å². The van der Waals surface area contributed by atoms with Crippen LogP contribution in [-0.2, 0) is 16.1 Å². The zero-order valence-electron chi connectivity index (χ0n) is 17.7. The van der Waals surface area contributed by atoms with Crippen molar-refractivity contribution in [2.24, 2.45) is 0 Å². The number of nitrogens with zero attached hydrogens (tertiary/aromatic N) is 3. The number of amides is 1. The summed E-state index contributed by atoms with van der Waals surface area (Å²) in [4.78, 5) is 11.8. The quantitative estimate of drug-likeness (QED) is 0.354. The molecule has 9 nitrogen and oxygen atoms in total. The third-order valence-corrected chi connectivity index (χ3v) is 5.82. The summed E-state index contributed by atoms with van der Waals surface area (Å²) in [6.07, 6.45) is -1.77. The van der Waals surface area contributed by atoms with E-state index in [-0.39, 0.29) is 0 Å². The van der Waals surface area contributed by atoms with Crippen LogP contribution in [0.25, 0.3) is 11.4 Å². The van der Waals surface area contributed by atoms with E-state index in [9.17, 15) is 20.1 Å². The summed E-state index contributed by atoms with van der Waals surface area (Å²) in [5.74, 6) is 0.248. The largest absolute Gasteiger partial charge is 0.394 e. The Hall–Kier alpha value is -2.11. The molecule has 1 amide bonds. The molecule has 1 saturated heterocycles. The Morgan fingerprint density at radius 3 is 2.55 bits per heavy atom. The van der Waals surface area contributed by atoms with Crippen LogP contribution in [0, 0.1) is 4.77 Å². The summed E-state index contributed by atoms with van der Waals surface area (Å²) in [6.45, 7) is 3.59. The van der Waals surface area contributed by atoms with Gasteiger partial charge in [-0.05, 0) is 18.6 Å². The van der Waals surface area contributed by atoms with Crippen LogP contribution >= 0.6 is 12.2 Å². The first-order valence-electron chi connectivity index (χ1n) is 10.5. The van der Waals surface area contributed by atoms with Gasteiger partial charge >= 0.3 is 0 Å². The van der Waals surface area contributed by atoms with Crippen LogP contribution in [0.4, 0.5) is 0 Å². The van der Waals surface area contributed by atoms with Crippen molar-refractivity contribution >= 4 is 18.1 Å². The van der Waals surface area contributed by atoms with Crippen molar-refractivity contribution in [3.05, 3.63) is 35.1 Å². The zero-order valence-corrected chi connectivity index (χ0v) is 18.5. The second-order valence-corrected chi connectivity index (χ2v) is 8.10. The predicted molar refractivity (Wildman–Crippen MR) is 117 cm³/mol. The molecule has 1 aromatic heterocycles. The predicted octanol–water partition coefficient (Wildman–Crippen LogP) is 1.39. The Bertz CT molecular complexity index is 932. The highest BCUT2D eigenvalue weighted by molar-refractivity contribution is 7.71. The molecule has 0 unspecified atom stereocenters. The smallest absolute Gasteiger partial charge is 0.217 e. The first kappa shape index (κ1) is 23.6.